The third-order valence-corrected chi connectivity index (χ3v) is 3.77. The Hall–Kier alpha value is -0.463. The molecule has 1 rings (SSSR count). The molecule has 0 aromatic carbocycles. The van der Waals surface area contributed by atoms with Crippen LogP contribution in [0.25, 0.3) is 0 Å². The number of carbonyl (C=O) groups is 1. The number of hydrogen-bond acceptors (Lipinski definition) is 2. The van der Waals surface area contributed by atoms with Crippen LogP contribution in [-0.2, 0) is 4.79 Å². The van der Waals surface area contributed by atoms with Gasteiger partial charge in [0.05, 0.1) is 5.75 Å². The molecule has 0 spiro atoms. The Balaban J connectivity index is 2.91. The standard InChI is InChI=1S/C11H16OSSi/c1-9-10(5-6-14(2,3)4)7-13-8-11(9)12/h7-8H2,1-4H3. The SMILES string of the molecule is CC1=C(C#C[Si](C)(C)C)CSCC1=O. The van der Waals surface area contributed by atoms with Crippen molar-refractivity contribution in [3.63, 3.8) is 0 Å². The lowest BCUT2D eigenvalue weighted by atomic mass is 10.1. The van der Waals surface area contributed by atoms with Crippen molar-refractivity contribution < 1.29 is 4.79 Å². The van der Waals surface area contributed by atoms with Gasteiger partial charge in [0, 0.05) is 16.9 Å². The highest BCUT2D eigenvalue weighted by atomic mass is 32.2. The lowest BCUT2D eigenvalue weighted by Crippen LogP contribution is -2.17. The van der Waals surface area contributed by atoms with E-state index in [1.807, 2.05) is 6.92 Å². The largest absolute Gasteiger partial charge is 0.294 e. The summed E-state index contributed by atoms with van der Waals surface area (Å²) in [5.41, 5.74) is 5.24. The molecule has 0 aliphatic carbocycles. The van der Waals surface area contributed by atoms with Crippen LogP contribution in [-0.4, -0.2) is 25.4 Å². The van der Waals surface area contributed by atoms with Gasteiger partial charge >= 0.3 is 0 Å². The quantitative estimate of drug-likeness (QED) is 0.464. The molecule has 0 radical (unpaired) electrons. The van der Waals surface area contributed by atoms with Crippen LogP contribution in [0.2, 0.25) is 19.6 Å². The summed E-state index contributed by atoms with van der Waals surface area (Å²) in [4.78, 5) is 11.4. The van der Waals surface area contributed by atoms with Crippen molar-refractivity contribution in [1.29, 1.82) is 0 Å². The molecule has 0 amide bonds. The molecule has 0 unspecified atom stereocenters. The molecule has 0 atom stereocenters. The van der Waals surface area contributed by atoms with Crippen LogP contribution >= 0.6 is 11.8 Å². The Labute approximate surface area is 91.4 Å². The van der Waals surface area contributed by atoms with Crippen LogP contribution in [0.4, 0.5) is 0 Å². The maximum atomic E-state index is 11.4. The van der Waals surface area contributed by atoms with E-state index < -0.39 is 8.07 Å². The zero-order chi connectivity index (χ0) is 10.8. The molecule has 1 nitrogen and oxygen atoms in total. The summed E-state index contributed by atoms with van der Waals surface area (Å²) < 4.78 is 0. The van der Waals surface area contributed by atoms with Crippen molar-refractivity contribution in [3.05, 3.63) is 11.1 Å². The maximum Gasteiger partial charge on any atom is 0.169 e. The highest BCUT2D eigenvalue weighted by Crippen LogP contribution is 2.20. The average Bonchev–Trinajstić information content (AvgIpc) is 2.06. The van der Waals surface area contributed by atoms with Crippen LogP contribution in [0.15, 0.2) is 11.1 Å². The molecule has 0 bridgehead atoms. The van der Waals surface area contributed by atoms with Gasteiger partial charge in [-0.05, 0) is 6.92 Å². The number of thioether (sulfide) groups is 1. The Bertz CT molecular complexity index is 339. The van der Waals surface area contributed by atoms with Gasteiger partial charge in [-0.3, -0.25) is 4.79 Å². The molecule has 3 heteroatoms. The molecular weight excluding hydrogens is 208 g/mol. The van der Waals surface area contributed by atoms with Gasteiger partial charge in [0.15, 0.2) is 5.78 Å². The van der Waals surface area contributed by atoms with Gasteiger partial charge in [0.25, 0.3) is 0 Å². The number of hydrogen-bond donors (Lipinski definition) is 0. The number of allylic oxidation sites excluding steroid dienone is 1. The van der Waals surface area contributed by atoms with Gasteiger partial charge in [-0.2, -0.15) is 0 Å². The Morgan fingerprint density at radius 3 is 2.50 bits per heavy atom. The fraction of sp³-hybridized carbons (Fsp3) is 0.545. The molecule has 0 saturated carbocycles. The molecule has 0 N–H and O–H groups in total. The normalized spacial score (nSPS) is 17.9. The summed E-state index contributed by atoms with van der Waals surface area (Å²) in [6, 6.07) is 0. The maximum absolute atomic E-state index is 11.4. The number of carbonyl (C=O) groups excluding carboxylic acids is 1. The van der Waals surface area contributed by atoms with E-state index in [4.69, 9.17) is 0 Å². The van der Waals surface area contributed by atoms with Crippen molar-refractivity contribution in [1.82, 2.24) is 0 Å². The number of ketones is 1. The highest BCUT2D eigenvalue weighted by Gasteiger charge is 2.16. The van der Waals surface area contributed by atoms with E-state index >= 15 is 0 Å². The molecule has 0 aromatic heterocycles. The minimum Gasteiger partial charge on any atom is -0.294 e. The third-order valence-electron chi connectivity index (χ3n) is 1.94. The molecule has 0 aromatic rings. The van der Waals surface area contributed by atoms with E-state index in [0.29, 0.717) is 5.75 Å². The van der Waals surface area contributed by atoms with Gasteiger partial charge in [0.2, 0.25) is 0 Å². The third kappa shape index (κ3) is 3.36. The van der Waals surface area contributed by atoms with Crippen molar-refractivity contribution in [2.24, 2.45) is 0 Å². The van der Waals surface area contributed by atoms with Crippen molar-refractivity contribution >= 4 is 25.6 Å². The second-order valence-electron chi connectivity index (χ2n) is 4.52. The smallest absolute Gasteiger partial charge is 0.169 e. The van der Waals surface area contributed by atoms with E-state index in [1.54, 1.807) is 11.8 Å². The zero-order valence-corrected chi connectivity index (χ0v) is 11.0. The minimum absolute atomic E-state index is 0.251. The Morgan fingerprint density at radius 2 is 1.93 bits per heavy atom. The lowest BCUT2D eigenvalue weighted by Gasteiger charge is -2.12. The highest BCUT2D eigenvalue weighted by molar-refractivity contribution is 8.00. The second-order valence-corrected chi connectivity index (χ2v) is 10.3. The molecule has 76 valence electrons. The first kappa shape index (κ1) is 11.6. The fourth-order valence-electron chi connectivity index (χ4n) is 1.02. The topological polar surface area (TPSA) is 17.1 Å². The summed E-state index contributed by atoms with van der Waals surface area (Å²) in [5.74, 6) is 4.98. The first-order valence-electron chi connectivity index (χ1n) is 4.74. The Kier molecular flexibility index (Phi) is 3.63. The summed E-state index contributed by atoms with van der Waals surface area (Å²) in [6.45, 7) is 8.55. The van der Waals surface area contributed by atoms with Crippen molar-refractivity contribution in [3.8, 4) is 11.5 Å². The summed E-state index contributed by atoms with van der Waals surface area (Å²) in [7, 11) is -1.31. The van der Waals surface area contributed by atoms with Gasteiger partial charge in [-0.15, -0.1) is 17.3 Å². The summed E-state index contributed by atoms with van der Waals surface area (Å²) in [6.07, 6.45) is 0. The van der Waals surface area contributed by atoms with Gasteiger partial charge in [-0.1, -0.05) is 25.6 Å². The van der Waals surface area contributed by atoms with E-state index in [0.717, 1.165) is 16.9 Å². The molecular formula is C11H16OSSi. The molecule has 0 saturated heterocycles. The summed E-state index contributed by atoms with van der Waals surface area (Å²) in [5, 5.41) is 0. The van der Waals surface area contributed by atoms with Crippen LogP contribution in [0.3, 0.4) is 0 Å². The van der Waals surface area contributed by atoms with Gasteiger partial charge in [-0.25, -0.2) is 0 Å². The van der Waals surface area contributed by atoms with Crippen molar-refractivity contribution in [2.75, 3.05) is 11.5 Å². The first-order valence-corrected chi connectivity index (χ1v) is 9.39. The first-order chi connectivity index (χ1) is 6.40. The molecule has 1 heterocycles. The van der Waals surface area contributed by atoms with Crippen LogP contribution < -0.4 is 0 Å². The number of rotatable bonds is 0. The molecule has 14 heavy (non-hydrogen) atoms. The van der Waals surface area contributed by atoms with Gasteiger partial charge < -0.3 is 0 Å². The van der Waals surface area contributed by atoms with Gasteiger partial charge in [0.1, 0.15) is 8.07 Å². The van der Waals surface area contributed by atoms with E-state index in [1.165, 1.54) is 0 Å². The molecule has 0 fully saturated rings. The average molecular weight is 224 g/mol. The summed E-state index contributed by atoms with van der Waals surface area (Å²) >= 11 is 1.67. The monoisotopic (exact) mass is 224 g/mol. The predicted octanol–water partition coefficient (Wildman–Crippen LogP) is 2.50. The van der Waals surface area contributed by atoms with E-state index in [9.17, 15) is 4.79 Å². The molecule has 1 aliphatic heterocycles. The fourth-order valence-corrected chi connectivity index (χ4v) is 2.55. The van der Waals surface area contributed by atoms with Crippen LogP contribution in [0, 0.1) is 11.5 Å². The predicted molar refractivity (Wildman–Crippen MR) is 66.2 cm³/mol. The lowest BCUT2D eigenvalue weighted by molar-refractivity contribution is -0.113. The van der Waals surface area contributed by atoms with Crippen molar-refractivity contribution in [2.45, 2.75) is 26.6 Å². The molecule has 1 aliphatic rings. The van der Waals surface area contributed by atoms with E-state index in [-0.39, 0.29) is 5.78 Å². The zero-order valence-electron chi connectivity index (χ0n) is 9.23. The number of Topliss-reactive ketones (excluding diaryl/α,β-unsaturated/α-hetero) is 1. The Morgan fingerprint density at radius 1 is 1.29 bits per heavy atom. The second kappa shape index (κ2) is 4.37. The van der Waals surface area contributed by atoms with Crippen LogP contribution in [0.5, 0.6) is 0 Å². The minimum atomic E-state index is -1.31. The van der Waals surface area contributed by atoms with E-state index in [2.05, 4.69) is 31.1 Å². The van der Waals surface area contributed by atoms with Crippen LogP contribution in [0.1, 0.15) is 6.92 Å².